The van der Waals surface area contributed by atoms with Gasteiger partial charge in [0.1, 0.15) is 0 Å². The Balaban J connectivity index is 1.80. The van der Waals surface area contributed by atoms with E-state index in [4.69, 9.17) is 12.2 Å². The molecule has 1 amide bonds. The van der Waals surface area contributed by atoms with Gasteiger partial charge in [-0.1, -0.05) is 11.8 Å². The Labute approximate surface area is 133 Å². The minimum absolute atomic E-state index is 0.169. The quantitative estimate of drug-likeness (QED) is 0.482. The van der Waals surface area contributed by atoms with Gasteiger partial charge in [-0.2, -0.15) is 32.8 Å². The second-order valence-corrected chi connectivity index (χ2v) is 7.09. The van der Waals surface area contributed by atoms with Gasteiger partial charge in [0.2, 0.25) is 0 Å². The zero-order chi connectivity index (χ0) is 13.9. The summed E-state index contributed by atoms with van der Waals surface area (Å²) in [6, 6.07) is 3.90. The van der Waals surface area contributed by atoms with Gasteiger partial charge in [0, 0.05) is 5.56 Å². The van der Waals surface area contributed by atoms with Crippen molar-refractivity contribution in [2.45, 2.75) is 0 Å². The van der Waals surface area contributed by atoms with Crippen molar-refractivity contribution in [3.8, 4) is 0 Å². The fourth-order valence-electron chi connectivity index (χ4n) is 1.54. The van der Waals surface area contributed by atoms with E-state index in [9.17, 15) is 4.79 Å². The molecule has 3 nitrogen and oxygen atoms in total. The highest BCUT2D eigenvalue weighted by Gasteiger charge is 2.31. The predicted octanol–water partition coefficient (Wildman–Crippen LogP) is 4.04. The van der Waals surface area contributed by atoms with Gasteiger partial charge in [-0.25, -0.2) is 0 Å². The van der Waals surface area contributed by atoms with Crippen LogP contribution in [0.15, 0.2) is 43.7 Å². The molecule has 0 aromatic carbocycles. The van der Waals surface area contributed by atoms with E-state index in [1.165, 1.54) is 16.8 Å². The minimum Gasteiger partial charge on any atom is -0.266 e. The van der Waals surface area contributed by atoms with E-state index >= 15 is 0 Å². The molecule has 0 saturated carbocycles. The van der Waals surface area contributed by atoms with Crippen LogP contribution in [0.4, 0.5) is 0 Å². The Hall–Kier alpha value is -1.28. The summed E-state index contributed by atoms with van der Waals surface area (Å²) in [6.45, 7) is 0. The first-order valence-corrected chi connectivity index (χ1v) is 8.71. The van der Waals surface area contributed by atoms with Crippen LogP contribution in [0.3, 0.4) is 0 Å². The second kappa shape index (κ2) is 6.01. The Morgan fingerprint density at radius 2 is 1.85 bits per heavy atom. The fourth-order valence-corrected chi connectivity index (χ4v) is 3.94. The van der Waals surface area contributed by atoms with Crippen molar-refractivity contribution in [2.75, 3.05) is 0 Å². The average molecular weight is 336 g/mol. The summed E-state index contributed by atoms with van der Waals surface area (Å²) < 4.78 is 0.461. The van der Waals surface area contributed by atoms with Gasteiger partial charge in [-0.05, 0) is 57.5 Å². The van der Waals surface area contributed by atoms with E-state index < -0.39 is 0 Å². The van der Waals surface area contributed by atoms with Gasteiger partial charge >= 0.3 is 0 Å². The number of hydrogen-bond acceptors (Lipinski definition) is 6. The highest BCUT2D eigenvalue weighted by Crippen LogP contribution is 2.33. The standard InChI is InChI=1S/C13H8N2OS4/c16-12-11(5-9-1-3-18-7-9)20-13(17)15(12)14-6-10-2-4-19-8-10/h1-8H/b11-5+,14-6?. The van der Waals surface area contributed by atoms with Crippen LogP contribution >= 0.6 is 46.7 Å². The van der Waals surface area contributed by atoms with Crippen molar-refractivity contribution in [1.82, 2.24) is 5.01 Å². The number of carbonyl (C=O) groups excluding carboxylic acids is 1. The molecule has 0 radical (unpaired) electrons. The molecule has 0 atom stereocenters. The van der Waals surface area contributed by atoms with Gasteiger partial charge in [-0.3, -0.25) is 4.79 Å². The van der Waals surface area contributed by atoms with Gasteiger partial charge in [-0.15, -0.1) is 0 Å². The molecular weight excluding hydrogens is 328 g/mol. The van der Waals surface area contributed by atoms with Crippen molar-refractivity contribution >= 4 is 69.2 Å². The number of thiophene rings is 2. The third-order valence-electron chi connectivity index (χ3n) is 2.48. The van der Waals surface area contributed by atoms with Crippen LogP contribution in [0, 0.1) is 0 Å². The number of thiocarbonyl (C=S) groups is 1. The summed E-state index contributed by atoms with van der Waals surface area (Å²) >= 11 is 9.66. The molecule has 0 bridgehead atoms. The zero-order valence-corrected chi connectivity index (χ0v) is 13.3. The molecule has 20 heavy (non-hydrogen) atoms. The van der Waals surface area contributed by atoms with Crippen molar-refractivity contribution in [3.63, 3.8) is 0 Å². The number of thioether (sulfide) groups is 1. The van der Waals surface area contributed by atoms with Gasteiger partial charge < -0.3 is 0 Å². The number of nitrogens with zero attached hydrogens (tertiary/aromatic N) is 2. The lowest BCUT2D eigenvalue weighted by molar-refractivity contribution is -0.122. The molecule has 3 rings (SSSR count). The molecule has 0 spiro atoms. The molecule has 1 fully saturated rings. The van der Waals surface area contributed by atoms with Crippen molar-refractivity contribution < 1.29 is 4.79 Å². The van der Waals surface area contributed by atoms with Gasteiger partial charge in [0.15, 0.2) is 4.32 Å². The van der Waals surface area contributed by atoms with Crippen LogP contribution in [0.5, 0.6) is 0 Å². The predicted molar refractivity (Wildman–Crippen MR) is 91.2 cm³/mol. The highest BCUT2D eigenvalue weighted by atomic mass is 32.2. The molecule has 7 heteroatoms. The van der Waals surface area contributed by atoms with E-state index in [1.54, 1.807) is 28.9 Å². The van der Waals surface area contributed by atoms with E-state index in [0.29, 0.717) is 9.23 Å². The Kier molecular flexibility index (Phi) is 4.11. The molecule has 1 aliphatic rings. The monoisotopic (exact) mass is 336 g/mol. The van der Waals surface area contributed by atoms with Crippen LogP contribution in [-0.2, 0) is 4.79 Å². The van der Waals surface area contributed by atoms with Crippen molar-refractivity contribution in [3.05, 3.63) is 49.7 Å². The Bertz CT molecular complexity index is 686. The molecular formula is C13H8N2OS4. The normalized spacial score (nSPS) is 17.8. The molecule has 2 aromatic rings. The van der Waals surface area contributed by atoms with Gasteiger partial charge in [0.25, 0.3) is 5.91 Å². The lowest BCUT2D eigenvalue weighted by Gasteiger charge is -2.05. The van der Waals surface area contributed by atoms with Crippen LogP contribution in [0.25, 0.3) is 6.08 Å². The van der Waals surface area contributed by atoms with Crippen LogP contribution in [0.1, 0.15) is 11.1 Å². The van der Waals surface area contributed by atoms with Crippen LogP contribution in [0.2, 0.25) is 0 Å². The van der Waals surface area contributed by atoms with Crippen LogP contribution < -0.4 is 0 Å². The summed E-state index contributed by atoms with van der Waals surface area (Å²) in [6.07, 6.45) is 3.49. The SMILES string of the molecule is O=C1/C(=C\c2ccsc2)SC(=S)N1N=Cc1ccsc1. The number of rotatable bonds is 3. The largest absolute Gasteiger partial charge is 0.286 e. The van der Waals surface area contributed by atoms with Crippen molar-refractivity contribution in [1.29, 1.82) is 0 Å². The molecule has 3 heterocycles. The Morgan fingerprint density at radius 1 is 1.15 bits per heavy atom. The average Bonchev–Trinajstić information content (AvgIpc) is 3.13. The topological polar surface area (TPSA) is 32.7 Å². The molecule has 2 aromatic heterocycles. The summed E-state index contributed by atoms with van der Waals surface area (Å²) in [5.74, 6) is -0.169. The summed E-state index contributed by atoms with van der Waals surface area (Å²) in [5.41, 5.74) is 1.98. The third-order valence-corrected chi connectivity index (χ3v) is 5.17. The molecule has 1 saturated heterocycles. The first-order valence-electron chi connectivity index (χ1n) is 5.60. The number of hydrazone groups is 1. The van der Waals surface area contributed by atoms with Gasteiger partial charge in [0.05, 0.1) is 11.1 Å². The number of carbonyl (C=O) groups is 1. The van der Waals surface area contributed by atoms with E-state index in [2.05, 4.69) is 5.10 Å². The summed E-state index contributed by atoms with van der Waals surface area (Å²) in [4.78, 5) is 12.9. The molecule has 0 N–H and O–H groups in total. The third kappa shape index (κ3) is 2.90. The maximum atomic E-state index is 12.2. The summed E-state index contributed by atoms with van der Waals surface area (Å²) in [7, 11) is 0. The first-order chi connectivity index (χ1) is 9.74. The summed E-state index contributed by atoms with van der Waals surface area (Å²) in [5, 5.41) is 13.3. The number of hydrogen-bond donors (Lipinski definition) is 0. The molecule has 0 aliphatic carbocycles. The molecule has 1 aliphatic heterocycles. The van der Waals surface area contributed by atoms with Crippen LogP contribution in [-0.4, -0.2) is 21.5 Å². The maximum Gasteiger partial charge on any atom is 0.286 e. The minimum atomic E-state index is -0.169. The molecule has 0 unspecified atom stereocenters. The van der Waals surface area contributed by atoms with E-state index in [-0.39, 0.29) is 5.91 Å². The molecule has 100 valence electrons. The van der Waals surface area contributed by atoms with E-state index in [1.807, 2.05) is 39.7 Å². The maximum absolute atomic E-state index is 12.2. The van der Waals surface area contributed by atoms with Crippen molar-refractivity contribution in [2.24, 2.45) is 5.10 Å². The smallest absolute Gasteiger partial charge is 0.266 e. The van der Waals surface area contributed by atoms with E-state index in [0.717, 1.165) is 11.1 Å². The lowest BCUT2D eigenvalue weighted by atomic mass is 10.3. The fraction of sp³-hybridized carbons (Fsp3) is 0. The second-order valence-electron chi connectivity index (χ2n) is 3.85. The number of amides is 1. The lowest BCUT2D eigenvalue weighted by Crippen LogP contribution is -2.21. The first kappa shape index (κ1) is 13.7. The highest BCUT2D eigenvalue weighted by molar-refractivity contribution is 8.26. The Morgan fingerprint density at radius 3 is 2.50 bits per heavy atom. The zero-order valence-electron chi connectivity index (χ0n) is 10.1.